The molecule has 1 aromatic rings. The maximum Gasteiger partial charge on any atom is 0.0223 e. The topological polar surface area (TPSA) is 15.3 Å². The Labute approximate surface area is 127 Å². The summed E-state index contributed by atoms with van der Waals surface area (Å²) in [6, 6.07) is 12.3. The molecule has 0 aromatic heterocycles. The van der Waals surface area contributed by atoms with E-state index in [2.05, 4.69) is 47.5 Å². The fraction of sp³-hybridized carbons (Fsp3) is 0.647. The minimum absolute atomic E-state index is 0.725. The second-order valence-corrected chi connectivity index (χ2v) is 7.36. The SMILES string of the molecule is CC1CCNC(C2CC2)CN1CCSc1ccccc1. The number of hydrogen-bond donors (Lipinski definition) is 1. The zero-order chi connectivity index (χ0) is 13.8. The molecule has 2 aliphatic rings. The lowest BCUT2D eigenvalue weighted by Crippen LogP contribution is -2.42. The molecule has 1 heterocycles. The van der Waals surface area contributed by atoms with Gasteiger partial charge >= 0.3 is 0 Å². The van der Waals surface area contributed by atoms with Crippen molar-refractivity contribution in [3.05, 3.63) is 30.3 Å². The predicted octanol–water partition coefficient (Wildman–Crippen LogP) is 3.24. The number of nitrogens with zero attached hydrogens (tertiary/aromatic N) is 1. The van der Waals surface area contributed by atoms with Gasteiger partial charge in [-0.25, -0.2) is 0 Å². The Morgan fingerprint density at radius 2 is 2.00 bits per heavy atom. The molecule has 1 aromatic carbocycles. The van der Waals surface area contributed by atoms with E-state index in [4.69, 9.17) is 0 Å². The largest absolute Gasteiger partial charge is 0.312 e. The van der Waals surface area contributed by atoms with Crippen LogP contribution < -0.4 is 5.32 Å². The van der Waals surface area contributed by atoms with Crippen LogP contribution in [0, 0.1) is 5.92 Å². The number of rotatable bonds is 5. The van der Waals surface area contributed by atoms with Crippen LogP contribution in [0.25, 0.3) is 0 Å². The third-order valence-electron chi connectivity index (χ3n) is 4.60. The van der Waals surface area contributed by atoms with Gasteiger partial charge in [-0.2, -0.15) is 0 Å². The molecular weight excluding hydrogens is 264 g/mol. The van der Waals surface area contributed by atoms with Crippen LogP contribution in [0.4, 0.5) is 0 Å². The summed E-state index contributed by atoms with van der Waals surface area (Å²) in [5, 5.41) is 3.76. The smallest absolute Gasteiger partial charge is 0.0223 e. The molecule has 1 aliphatic heterocycles. The fourth-order valence-electron chi connectivity index (χ4n) is 3.08. The third-order valence-corrected chi connectivity index (χ3v) is 5.60. The van der Waals surface area contributed by atoms with Crippen molar-refractivity contribution >= 4 is 11.8 Å². The molecule has 1 saturated heterocycles. The van der Waals surface area contributed by atoms with E-state index in [1.807, 2.05) is 11.8 Å². The van der Waals surface area contributed by atoms with E-state index in [-0.39, 0.29) is 0 Å². The summed E-state index contributed by atoms with van der Waals surface area (Å²) in [4.78, 5) is 4.10. The summed E-state index contributed by atoms with van der Waals surface area (Å²) in [5.41, 5.74) is 0. The number of nitrogens with one attached hydrogen (secondary N) is 1. The Kier molecular flexibility index (Phi) is 5.03. The lowest BCUT2D eigenvalue weighted by atomic mass is 10.1. The van der Waals surface area contributed by atoms with Gasteiger partial charge in [-0.1, -0.05) is 18.2 Å². The predicted molar refractivity (Wildman–Crippen MR) is 87.3 cm³/mol. The van der Waals surface area contributed by atoms with Crippen molar-refractivity contribution in [2.24, 2.45) is 5.92 Å². The van der Waals surface area contributed by atoms with Gasteiger partial charge in [0.1, 0.15) is 0 Å². The molecule has 1 saturated carbocycles. The molecular formula is C17H26N2S. The van der Waals surface area contributed by atoms with Crippen molar-refractivity contribution < 1.29 is 0 Å². The first-order valence-electron chi connectivity index (χ1n) is 7.98. The Morgan fingerprint density at radius 3 is 2.75 bits per heavy atom. The van der Waals surface area contributed by atoms with Gasteiger partial charge in [0.2, 0.25) is 0 Å². The van der Waals surface area contributed by atoms with E-state index >= 15 is 0 Å². The van der Waals surface area contributed by atoms with Gasteiger partial charge in [0, 0.05) is 35.8 Å². The second kappa shape index (κ2) is 6.97. The summed E-state index contributed by atoms with van der Waals surface area (Å²) in [6.45, 7) is 6.06. The van der Waals surface area contributed by atoms with Gasteiger partial charge in [0.05, 0.1) is 0 Å². The zero-order valence-corrected chi connectivity index (χ0v) is 13.2. The molecule has 2 nitrogen and oxygen atoms in total. The number of benzene rings is 1. The highest BCUT2D eigenvalue weighted by Gasteiger charge is 2.34. The van der Waals surface area contributed by atoms with Gasteiger partial charge in [-0.3, -0.25) is 4.90 Å². The lowest BCUT2D eigenvalue weighted by molar-refractivity contribution is 0.211. The molecule has 2 unspecified atom stereocenters. The van der Waals surface area contributed by atoms with Crippen LogP contribution in [0.5, 0.6) is 0 Å². The maximum atomic E-state index is 3.76. The minimum atomic E-state index is 0.725. The van der Waals surface area contributed by atoms with Crippen LogP contribution in [0.2, 0.25) is 0 Å². The van der Waals surface area contributed by atoms with Gasteiger partial charge in [-0.15, -0.1) is 11.8 Å². The number of hydrogen-bond acceptors (Lipinski definition) is 3. The highest BCUT2D eigenvalue weighted by Crippen LogP contribution is 2.34. The summed E-state index contributed by atoms with van der Waals surface area (Å²) in [5.74, 6) is 2.16. The van der Waals surface area contributed by atoms with Crippen LogP contribution in [0.1, 0.15) is 26.2 Å². The standard InChI is InChI=1S/C17H26N2S/c1-14-9-10-18-17(15-7-8-15)13-19(14)11-12-20-16-5-3-2-4-6-16/h2-6,14-15,17-18H,7-13H2,1H3. The van der Waals surface area contributed by atoms with Crippen molar-refractivity contribution in [1.29, 1.82) is 0 Å². The molecule has 1 N–H and O–H groups in total. The van der Waals surface area contributed by atoms with Crippen LogP contribution in [-0.2, 0) is 0 Å². The van der Waals surface area contributed by atoms with Gasteiger partial charge < -0.3 is 5.32 Å². The first kappa shape index (κ1) is 14.4. The van der Waals surface area contributed by atoms with Gasteiger partial charge in [0.15, 0.2) is 0 Å². The molecule has 0 amide bonds. The number of thioether (sulfide) groups is 1. The molecule has 1 aliphatic carbocycles. The Hall–Kier alpha value is -0.510. The Bertz CT molecular complexity index is 405. The summed E-state index contributed by atoms with van der Waals surface area (Å²) in [6.07, 6.45) is 4.18. The molecule has 20 heavy (non-hydrogen) atoms. The highest BCUT2D eigenvalue weighted by molar-refractivity contribution is 7.99. The highest BCUT2D eigenvalue weighted by atomic mass is 32.2. The molecule has 2 fully saturated rings. The quantitative estimate of drug-likeness (QED) is 0.838. The van der Waals surface area contributed by atoms with Crippen molar-refractivity contribution in [3.63, 3.8) is 0 Å². The average Bonchev–Trinajstić information content (AvgIpc) is 3.29. The normalized spacial score (nSPS) is 28.2. The van der Waals surface area contributed by atoms with Gasteiger partial charge in [0.25, 0.3) is 0 Å². The average molecular weight is 290 g/mol. The van der Waals surface area contributed by atoms with Gasteiger partial charge in [-0.05, 0) is 50.8 Å². The lowest BCUT2D eigenvalue weighted by Gasteiger charge is -2.29. The molecule has 2 atom stereocenters. The summed E-state index contributed by atoms with van der Waals surface area (Å²) >= 11 is 1.99. The molecule has 0 spiro atoms. The molecule has 0 bridgehead atoms. The van der Waals surface area contributed by atoms with Crippen LogP contribution in [0.15, 0.2) is 35.2 Å². The molecule has 0 radical (unpaired) electrons. The Balaban J connectivity index is 1.49. The summed E-state index contributed by atoms with van der Waals surface area (Å²) < 4.78 is 0. The van der Waals surface area contributed by atoms with E-state index in [1.54, 1.807) is 0 Å². The fourth-order valence-corrected chi connectivity index (χ4v) is 3.99. The monoisotopic (exact) mass is 290 g/mol. The van der Waals surface area contributed by atoms with Crippen molar-refractivity contribution in [2.75, 3.05) is 25.4 Å². The van der Waals surface area contributed by atoms with E-state index in [1.165, 1.54) is 49.5 Å². The molecule has 3 heteroatoms. The van der Waals surface area contributed by atoms with E-state index < -0.39 is 0 Å². The first-order chi connectivity index (χ1) is 9.83. The van der Waals surface area contributed by atoms with Crippen molar-refractivity contribution in [1.82, 2.24) is 10.2 Å². The zero-order valence-electron chi connectivity index (χ0n) is 12.4. The first-order valence-corrected chi connectivity index (χ1v) is 8.97. The second-order valence-electron chi connectivity index (χ2n) is 6.19. The molecule has 3 rings (SSSR count). The van der Waals surface area contributed by atoms with E-state index in [9.17, 15) is 0 Å². The maximum absolute atomic E-state index is 3.76. The van der Waals surface area contributed by atoms with Crippen molar-refractivity contribution in [3.8, 4) is 0 Å². The minimum Gasteiger partial charge on any atom is -0.312 e. The third kappa shape index (κ3) is 4.00. The van der Waals surface area contributed by atoms with Crippen LogP contribution >= 0.6 is 11.8 Å². The van der Waals surface area contributed by atoms with Crippen molar-refractivity contribution in [2.45, 2.75) is 43.2 Å². The van der Waals surface area contributed by atoms with Crippen LogP contribution in [-0.4, -0.2) is 42.4 Å². The van der Waals surface area contributed by atoms with Crippen LogP contribution in [0.3, 0.4) is 0 Å². The summed E-state index contributed by atoms with van der Waals surface area (Å²) in [7, 11) is 0. The van der Waals surface area contributed by atoms with E-state index in [0.29, 0.717) is 0 Å². The Morgan fingerprint density at radius 1 is 1.20 bits per heavy atom. The molecule has 110 valence electrons. The van der Waals surface area contributed by atoms with E-state index in [0.717, 1.165) is 18.0 Å².